The zero-order chi connectivity index (χ0) is 38.0. The Morgan fingerprint density at radius 2 is 0.719 bits per heavy atom. The standard InChI is InChI=1S/C55H39NS/c1-5-17-44(18-6-1)55(45-19-7-2-8-20-45,46-21-9-3-10-22-46)47-33-28-40(29-34-47)42-16-15-25-50(38-42)56(48-23-11-4-12-24-48)49-35-30-41(31-36-49)43-32-37-54-52(39-43)51-26-13-14-27-53(51)57-54/h1-39H. The molecule has 0 spiro atoms. The number of benzene rings is 9. The lowest BCUT2D eigenvalue weighted by molar-refractivity contribution is 0.745. The molecule has 57 heavy (non-hydrogen) atoms. The van der Waals surface area contributed by atoms with Crippen molar-refractivity contribution >= 4 is 48.6 Å². The molecule has 1 heterocycles. The summed E-state index contributed by atoms with van der Waals surface area (Å²) < 4.78 is 2.65. The second-order valence-electron chi connectivity index (χ2n) is 14.5. The van der Waals surface area contributed by atoms with Gasteiger partial charge in [0.2, 0.25) is 0 Å². The highest BCUT2D eigenvalue weighted by Gasteiger charge is 2.38. The predicted octanol–water partition coefficient (Wildman–Crippen LogP) is 15.2. The molecule has 0 amide bonds. The van der Waals surface area contributed by atoms with Gasteiger partial charge in [-0.1, -0.05) is 182 Å². The smallest absolute Gasteiger partial charge is 0.0701 e. The van der Waals surface area contributed by atoms with Crippen molar-refractivity contribution in [1.29, 1.82) is 0 Å². The molecule has 0 saturated heterocycles. The lowest BCUT2D eigenvalue weighted by Gasteiger charge is -2.37. The lowest BCUT2D eigenvalue weighted by Crippen LogP contribution is -2.30. The van der Waals surface area contributed by atoms with E-state index in [0.717, 1.165) is 22.6 Å². The summed E-state index contributed by atoms with van der Waals surface area (Å²) in [4.78, 5) is 2.35. The molecule has 1 nitrogen and oxygen atoms in total. The maximum absolute atomic E-state index is 2.35. The van der Waals surface area contributed by atoms with Gasteiger partial charge in [-0.15, -0.1) is 11.3 Å². The fourth-order valence-corrected chi connectivity index (χ4v) is 9.62. The average Bonchev–Trinajstić information content (AvgIpc) is 3.67. The zero-order valence-corrected chi connectivity index (χ0v) is 32.2. The van der Waals surface area contributed by atoms with E-state index in [1.54, 1.807) is 0 Å². The van der Waals surface area contributed by atoms with E-state index < -0.39 is 5.41 Å². The topological polar surface area (TPSA) is 3.24 Å². The minimum Gasteiger partial charge on any atom is -0.310 e. The van der Waals surface area contributed by atoms with E-state index in [1.165, 1.54) is 59.1 Å². The van der Waals surface area contributed by atoms with Crippen molar-refractivity contribution in [2.24, 2.45) is 0 Å². The fraction of sp³-hybridized carbons (Fsp3) is 0.0182. The second kappa shape index (κ2) is 14.9. The summed E-state index contributed by atoms with van der Waals surface area (Å²) in [6, 6.07) is 86.0. The lowest BCUT2D eigenvalue weighted by atomic mass is 9.65. The summed E-state index contributed by atoms with van der Waals surface area (Å²) in [5, 5.41) is 2.64. The molecule has 0 aliphatic rings. The van der Waals surface area contributed by atoms with Crippen molar-refractivity contribution in [2.45, 2.75) is 5.41 Å². The first-order valence-electron chi connectivity index (χ1n) is 19.5. The Labute approximate surface area is 338 Å². The third kappa shape index (κ3) is 6.31. The Hall–Kier alpha value is -7.00. The number of rotatable bonds is 9. The van der Waals surface area contributed by atoms with Crippen LogP contribution in [0, 0.1) is 0 Å². The molecule has 0 fully saturated rings. The predicted molar refractivity (Wildman–Crippen MR) is 243 cm³/mol. The van der Waals surface area contributed by atoms with Gasteiger partial charge in [-0.2, -0.15) is 0 Å². The summed E-state index contributed by atoms with van der Waals surface area (Å²) in [6.45, 7) is 0. The largest absolute Gasteiger partial charge is 0.310 e. The van der Waals surface area contributed by atoms with Crippen molar-refractivity contribution in [1.82, 2.24) is 0 Å². The Morgan fingerprint density at radius 1 is 0.281 bits per heavy atom. The summed E-state index contributed by atoms with van der Waals surface area (Å²) in [5.41, 5.74) is 12.6. The fourth-order valence-electron chi connectivity index (χ4n) is 8.53. The average molecular weight is 746 g/mol. The zero-order valence-electron chi connectivity index (χ0n) is 31.4. The van der Waals surface area contributed by atoms with Crippen LogP contribution in [0.2, 0.25) is 0 Å². The third-order valence-corrected chi connectivity index (χ3v) is 12.4. The molecule has 0 aliphatic heterocycles. The van der Waals surface area contributed by atoms with Crippen LogP contribution in [0.3, 0.4) is 0 Å². The second-order valence-corrected chi connectivity index (χ2v) is 15.6. The molecule has 2 heteroatoms. The highest BCUT2D eigenvalue weighted by Crippen LogP contribution is 2.46. The van der Waals surface area contributed by atoms with Crippen LogP contribution >= 0.6 is 11.3 Å². The molecular formula is C55H39NS. The first-order chi connectivity index (χ1) is 28.3. The van der Waals surface area contributed by atoms with Crippen LogP contribution in [0.4, 0.5) is 17.1 Å². The van der Waals surface area contributed by atoms with Gasteiger partial charge in [0, 0.05) is 37.2 Å². The molecule has 270 valence electrons. The maximum atomic E-state index is 2.35. The number of hydrogen-bond acceptors (Lipinski definition) is 2. The van der Waals surface area contributed by atoms with E-state index in [0.29, 0.717) is 0 Å². The van der Waals surface area contributed by atoms with E-state index in [9.17, 15) is 0 Å². The van der Waals surface area contributed by atoms with Crippen molar-refractivity contribution < 1.29 is 0 Å². The van der Waals surface area contributed by atoms with E-state index in [-0.39, 0.29) is 0 Å². The SMILES string of the molecule is c1ccc(N(c2ccc(-c3ccc4sc5ccccc5c4c3)cc2)c2cccc(-c3ccc(C(c4ccccc4)(c4ccccc4)c4ccccc4)cc3)c2)cc1. The minimum atomic E-state index is -0.482. The van der Waals surface area contributed by atoms with Gasteiger partial charge in [-0.25, -0.2) is 0 Å². The molecule has 10 aromatic rings. The molecule has 0 bridgehead atoms. The Morgan fingerprint density at radius 3 is 1.33 bits per heavy atom. The number of thiophene rings is 1. The van der Waals surface area contributed by atoms with Gasteiger partial charge < -0.3 is 4.90 Å². The summed E-state index contributed by atoms with van der Waals surface area (Å²) in [6.07, 6.45) is 0. The Bertz CT molecular complexity index is 2820. The number of nitrogens with zero attached hydrogens (tertiary/aromatic N) is 1. The number of anilines is 3. The molecule has 0 unspecified atom stereocenters. The van der Waals surface area contributed by atoms with Crippen LogP contribution in [0.1, 0.15) is 22.3 Å². The first-order valence-corrected chi connectivity index (χ1v) is 20.3. The highest BCUT2D eigenvalue weighted by atomic mass is 32.1. The highest BCUT2D eigenvalue weighted by molar-refractivity contribution is 7.25. The Kier molecular flexibility index (Phi) is 9.02. The number of fused-ring (bicyclic) bond motifs is 3. The molecule has 0 N–H and O–H groups in total. The third-order valence-electron chi connectivity index (χ3n) is 11.2. The maximum Gasteiger partial charge on any atom is 0.0701 e. The van der Waals surface area contributed by atoms with Gasteiger partial charge in [0.05, 0.1) is 5.41 Å². The number of para-hydroxylation sites is 1. The summed E-state index contributed by atoms with van der Waals surface area (Å²) in [7, 11) is 0. The molecule has 0 saturated carbocycles. The van der Waals surface area contributed by atoms with E-state index >= 15 is 0 Å². The molecule has 9 aromatic carbocycles. The van der Waals surface area contributed by atoms with E-state index in [2.05, 4.69) is 241 Å². The van der Waals surface area contributed by atoms with Crippen LogP contribution in [0.15, 0.2) is 237 Å². The van der Waals surface area contributed by atoms with Crippen LogP contribution in [0.5, 0.6) is 0 Å². The Balaban J connectivity index is 1.03. The van der Waals surface area contributed by atoms with E-state index in [4.69, 9.17) is 0 Å². The van der Waals surface area contributed by atoms with Crippen molar-refractivity contribution in [2.75, 3.05) is 4.90 Å². The van der Waals surface area contributed by atoms with Gasteiger partial charge >= 0.3 is 0 Å². The first kappa shape index (κ1) is 34.5. The molecule has 10 rings (SSSR count). The normalized spacial score (nSPS) is 11.5. The van der Waals surface area contributed by atoms with Crippen molar-refractivity contribution in [3.05, 3.63) is 259 Å². The van der Waals surface area contributed by atoms with Gasteiger partial charge in [-0.3, -0.25) is 0 Å². The minimum absolute atomic E-state index is 0.482. The van der Waals surface area contributed by atoms with Crippen molar-refractivity contribution in [3.8, 4) is 22.3 Å². The van der Waals surface area contributed by atoms with Crippen molar-refractivity contribution in [3.63, 3.8) is 0 Å². The van der Waals surface area contributed by atoms with Crippen LogP contribution < -0.4 is 4.90 Å². The van der Waals surface area contributed by atoms with Gasteiger partial charge in [-0.05, 0) is 99.1 Å². The molecule has 0 radical (unpaired) electrons. The molecule has 1 aromatic heterocycles. The van der Waals surface area contributed by atoms with Crippen LogP contribution in [-0.2, 0) is 5.41 Å². The monoisotopic (exact) mass is 745 g/mol. The van der Waals surface area contributed by atoms with Gasteiger partial charge in [0.15, 0.2) is 0 Å². The number of hydrogen-bond donors (Lipinski definition) is 0. The van der Waals surface area contributed by atoms with Crippen LogP contribution in [0.25, 0.3) is 42.4 Å². The van der Waals surface area contributed by atoms with Gasteiger partial charge in [0.1, 0.15) is 0 Å². The summed E-state index contributed by atoms with van der Waals surface area (Å²) in [5.74, 6) is 0. The summed E-state index contributed by atoms with van der Waals surface area (Å²) >= 11 is 1.86. The van der Waals surface area contributed by atoms with Crippen LogP contribution in [-0.4, -0.2) is 0 Å². The quantitative estimate of drug-likeness (QED) is 0.133. The van der Waals surface area contributed by atoms with E-state index in [1.807, 2.05) is 11.3 Å². The molecule has 0 atom stereocenters. The molecular weight excluding hydrogens is 707 g/mol. The molecule has 0 aliphatic carbocycles. The van der Waals surface area contributed by atoms with Gasteiger partial charge in [0.25, 0.3) is 0 Å².